The highest BCUT2D eigenvalue weighted by atomic mass is 35.5. The Balaban J connectivity index is 1.52. The van der Waals surface area contributed by atoms with E-state index in [9.17, 15) is 4.79 Å². The first kappa shape index (κ1) is 23.9. The molecule has 0 unspecified atom stereocenters. The lowest BCUT2D eigenvalue weighted by molar-refractivity contribution is -0.113. The Morgan fingerprint density at radius 3 is 2.84 bits per heavy atom. The summed E-state index contributed by atoms with van der Waals surface area (Å²) < 4.78 is 7.86. The van der Waals surface area contributed by atoms with Crippen LogP contribution in [0.3, 0.4) is 0 Å². The summed E-state index contributed by atoms with van der Waals surface area (Å²) in [4.78, 5) is 12.3. The van der Waals surface area contributed by atoms with Gasteiger partial charge < -0.3 is 14.6 Å². The fourth-order valence-corrected chi connectivity index (χ4v) is 4.15. The van der Waals surface area contributed by atoms with Crippen LogP contribution in [0.15, 0.2) is 60.3 Å². The summed E-state index contributed by atoms with van der Waals surface area (Å²) in [6, 6.07) is 13.3. The second kappa shape index (κ2) is 11.7. The minimum Gasteiger partial charge on any atom is -0.493 e. The molecule has 8 heteroatoms. The number of aryl methyl sites for hydroxylation is 3. The van der Waals surface area contributed by atoms with Gasteiger partial charge in [0.2, 0.25) is 5.91 Å². The van der Waals surface area contributed by atoms with Crippen LogP contribution in [0.2, 0.25) is 5.02 Å². The average molecular weight is 471 g/mol. The lowest BCUT2D eigenvalue weighted by Crippen LogP contribution is -2.15. The van der Waals surface area contributed by atoms with Crippen molar-refractivity contribution in [3.63, 3.8) is 0 Å². The SMILES string of the molecule is C=CCn1c(CCCOc2ccc(Cl)cc2C)nnc1SCC(=O)Nc1cccc(C)c1. The molecule has 2 aromatic carbocycles. The van der Waals surface area contributed by atoms with Crippen LogP contribution in [0.5, 0.6) is 5.75 Å². The number of nitrogens with one attached hydrogen (secondary N) is 1. The van der Waals surface area contributed by atoms with E-state index >= 15 is 0 Å². The number of carbonyl (C=O) groups excluding carboxylic acids is 1. The predicted molar refractivity (Wildman–Crippen MR) is 131 cm³/mol. The third kappa shape index (κ3) is 6.87. The van der Waals surface area contributed by atoms with Gasteiger partial charge in [0, 0.05) is 23.7 Å². The number of aromatic nitrogens is 3. The molecule has 6 nitrogen and oxygen atoms in total. The maximum Gasteiger partial charge on any atom is 0.234 e. The topological polar surface area (TPSA) is 69.0 Å². The molecule has 3 rings (SSSR count). The van der Waals surface area contributed by atoms with Crippen LogP contribution in [0.1, 0.15) is 23.4 Å². The first-order chi connectivity index (χ1) is 15.5. The van der Waals surface area contributed by atoms with Gasteiger partial charge in [0.25, 0.3) is 0 Å². The normalized spacial score (nSPS) is 10.7. The van der Waals surface area contributed by atoms with Crippen molar-refractivity contribution in [2.24, 2.45) is 0 Å². The Hall–Kier alpha value is -2.77. The van der Waals surface area contributed by atoms with Crippen molar-refractivity contribution in [2.75, 3.05) is 17.7 Å². The second-order valence-electron chi connectivity index (χ2n) is 7.37. The summed E-state index contributed by atoms with van der Waals surface area (Å²) in [6.07, 6.45) is 3.30. The molecular formula is C24H27ClN4O2S. The second-order valence-corrected chi connectivity index (χ2v) is 8.75. The van der Waals surface area contributed by atoms with E-state index in [2.05, 4.69) is 22.1 Å². The summed E-state index contributed by atoms with van der Waals surface area (Å²) in [5.74, 6) is 1.85. The smallest absolute Gasteiger partial charge is 0.234 e. The molecule has 0 aliphatic heterocycles. The van der Waals surface area contributed by atoms with Gasteiger partial charge in [-0.15, -0.1) is 16.8 Å². The van der Waals surface area contributed by atoms with Crippen molar-refractivity contribution in [2.45, 2.75) is 38.4 Å². The van der Waals surface area contributed by atoms with Crippen molar-refractivity contribution < 1.29 is 9.53 Å². The monoisotopic (exact) mass is 470 g/mol. The number of hydrogen-bond donors (Lipinski definition) is 1. The maximum atomic E-state index is 12.3. The zero-order valence-corrected chi connectivity index (χ0v) is 19.9. The molecule has 1 heterocycles. The summed E-state index contributed by atoms with van der Waals surface area (Å²) in [6.45, 7) is 8.94. The Labute approximate surface area is 198 Å². The molecular weight excluding hydrogens is 444 g/mol. The number of thioether (sulfide) groups is 1. The number of anilines is 1. The minimum atomic E-state index is -0.0814. The summed E-state index contributed by atoms with van der Waals surface area (Å²) in [7, 11) is 0. The zero-order valence-electron chi connectivity index (χ0n) is 18.3. The van der Waals surface area contributed by atoms with Crippen molar-refractivity contribution >= 4 is 35.0 Å². The van der Waals surface area contributed by atoms with Crippen molar-refractivity contribution in [1.82, 2.24) is 14.8 Å². The third-order valence-corrected chi connectivity index (χ3v) is 5.88. The van der Waals surface area contributed by atoms with Gasteiger partial charge in [-0.3, -0.25) is 4.79 Å². The highest BCUT2D eigenvalue weighted by Gasteiger charge is 2.14. The number of halogens is 1. The number of carbonyl (C=O) groups is 1. The molecule has 3 aromatic rings. The molecule has 0 spiro atoms. The van der Waals surface area contributed by atoms with Gasteiger partial charge in [-0.2, -0.15) is 0 Å². The van der Waals surface area contributed by atoms with E-state index in [0.29, 0.717) is 29.8 Å². The van der Waals surface area contributed by atoms with E-state index in [1.165, 1.54) is 11.8 Å². The Morgan fingerprint density at radius 2 is 2.09 bits per heavy atom. The van der Waals surface area contributed by atoms with Crippen LogP contribution in [0, 0.1) is 13.8 Å². The highest BCUT2D eigenvalue weighted by molar-refractivity contribution is 7.99. The largest absolute Gasteiger partial charge is 0.493 e. The van der Waals surface area contributed by atoms with Crippen LogP contribution in [-0.4, -0.2) is 33.0 Å². The number of benzene rings is 2. The van der Waals surface area contributed by atoms with E-state index in [4.69, 9.17) is 16.3 Å². The van der Waals surface area contributed by atoms with Gasteiger partial charge in [-0.05, 0) is 61.7 Å². The molecule has 0 bridgehead atoms. The molecule has 0 aliphatic rings. The first-order valence-corrected chi connectivity index (χ1v) is 11.7. The maximum absolute atomic E-state index is 12.3. The van der Waals surface area contributed by atoms with Gasteiger partial charge in [-0.1, -0.05) is 41.6 Å². The average Bonchev–Trinajstić information content (AvgIpc) is 3.13. The number of hydrogen-bond acceptors (Lipinski definition) is 5. The van der Waals surface area contributed by atoms with Gasteiger partial charge in [-0.25, -0.2) is 0 Å². The molecule has 1 aromatic heterocycles. The lowest BCUT2D eigenvalue weighted by Gasteiger charge is -2.10. The van der Waals surface area contributed by atoms with Crippen molar-refractivity contribution in [3.8, 4) is 5.75 Å². The van der Waals surface area contributed by atoms with Gasteiger partial charge in [0.1, 0.15) is 11.6 Å². The Morgan fingerprint density at radius 1 is 1.25 bits per heavy atom. The van der Waals surface area contributed by atoms with Crippen LogP contribution < -0.4 is 10.1 Å². The lowest BCUT2D eigenvalue weighted by atomic mass is 10.2. The zero-order chi connectivity index (χ0) is 22.9. The molecule has 168 valence electrons. The summed E-state index contributed by atoms with van der Waals surface area (Å²) in [5.41, 5.74) is 2.90. The molecule has 1 amide bonds. The van der Waals surface area contributed by atoms with Gasteiger partial charge in [0.05, 0.1) is 12.4 Å². The summed E-state index contributed by atoms with van der Waals surface area (Å²) in [5, 5.41) is 12.9. The van der Waals surface area contributed by atoms with E-state index in [1.807, 2.05) is 60.9 Å². The molecule has 0 saturated carbocycles. The number of nitrogens with zero attached hydrogens (tertiary/aromatic N) is 3. The fourth-order valence-electron chi connectivity index (χ4n) is 3.16. The third-order valence-electron chi connectivity index (χ3n) is 4.68. The number of allylic oxidation sites excluding steroid dienone is 1. The first-order valence-electron chi connectivity index (χ1n) is 10.4. The Bertz CT molecular complexity index is 1080. The van der Waals surface area contributed by atoms with Crippen molar-refractivity contribution in [3.05, 3.63) is 77.1 Å². The van der Waals surface area contributed by atoms with Gasteiger partial charge >= 0.3 is 0 Å². The molecule has 32 heavy (non-hydrogen) atoms. The van der Waals surface area contributed by atoms with E-state index in [-0.39, 0.29) is 11.7 Å². The number of ether oxygens (including phenoxy) is 1. The van der Waals surface area contributed by atoms with Crippen LogP contribution in [0.25, 0.3) is 0 Å². The highest BCUT2D eigenvalue weighted by Crippen LogP contribution is 2.22. The molecule has 0 saturated heterocycles. The van der Waals surface area contributed by atoms with E-state index in [1.54, 1.807) is 6.08 Å². The molecule has 1 N–H and O–H groups in total. The molecule has 0 atom stereocenters. The minimum absolute atomic E-state index is 0.0814. The fraction of sp³-hybridized carbons (Fsp3) is 0.292. The molecule has 0 aliphatic carbocycles. The predicted octanol–water partition coefficient (Wildman–Crippen LogP) is 5.48. The van der Waals surface area contributed by atoms with E-state index < -0.39 is 0 Å². The van der Waals surface area contributed by atoms with E-state index in [0.717, 1.165) is 34.8 Å². The molecule has 0 radical (unpaired) electrons. The van der Waals surface area contributed by atoms with Gasteiger partial charge in [0.15, 0.2) is 5.16 Å². The Kier molecular flexibility index (Phi) is 8.76. The number of rotatable bonds is 11. The van der Waals surface area contributed by atoms with Crippen LogP contribution in [-0.2, 0) is 17.8 Å². The number of amides is 1. The van der Waals surface area contributed by atoms with Crippen molar-refractivity contribution in [1.29, 1.82) is 0 Å². The summed E-state index contributed by atoms with van der Waals surface area (Å²) >= 11 is 7.36. The quantitative estimate of drug-likeness (QED) is 0.228. The van der Waals surface area contributed by atoms with Crippen LogP contribution >= 0.6 is 23.4 Å². The standard InChI is InChI=1S/C24H27ClN4O2S/c1-4-12-29-22(9-6-13-31-21-11-10-19(25)15-18(21)3)27-28-24(29)32-16-23(30)26-20-8-5-7-17(2)14-20/h4-5,7-8,10-11,14-15H,1,6,9,12-13,16H2,2-3H3,(H,26,30). The molecule has 0 fully saturated rings. The van der Waals surface area contributed by atoms with Crippen LogP contribution in [0.4, 0.5) is 5.69 Å².